The van der Waals surface area contributed by atoms with Crippen molar-refractivity contribution >= 4 is 34.4 Å². The molecule has 0 saturated carbocycles. The number of hydrogen-bond acceptors (Lipinski definition) is 4. The maximum Gasteiger partial charge on any atom is 0.137 e. The number of hydrogen-bond donors (Lipinski definition) is 0. The van der Waals surface area contributed by atoms with Gasteiger partial charge < -0.3 is 0 Å². The van der Waals surface area contributed by atoms with Gasteiger partial charge in [0.25, 0.3) is 0 Å². The third-order valence-corrected chi connectivity index (χ3v) is 8.89. The Balaban J connectivity index is 1.53. The van der Waals surface area contributed by atoms with Crippen molar-refractivity contribution in [3.63, 3.8) is 0 Å². The summed E-state index contributed by atoms with van der Waals surface area (Å²) in [6, 6.07) is 51.3. The van der Waals surface area contributed by atoms with Gasteiger partial charge in [-0.25, -0.2) is 9.97 Å². The largest absolute Gasteiger partial charge is 0.295 e. The Morgan fingerprint density at radius 3 is 1.16 bits per heavy atom. The van der Waals surface area contributed by atoms with Gasteiger partial charge in [0.15, 0.2) is 0 Å². The molecule has 0 aliphatic carbocycles. The molecule has 0 unspecified atom stereocenters. The summed E-state index contributed by atoms with van der Waals surface area (Å²) in [7, 11) is 0. The molecule has 3 heterocycles. The van der Waals surface area contributed by atoms with E-state index in [0.717, 1.165) is 45.8 Å². The first-order valence-corrected chi connectivity index (χ1v) is 15.2. The number of pyridine rings is 2. The fourth-order valence-electron chi connectivity index (χ4n) is 6.14. The predicted octanol–water partition coefficient (Wildman–Crippen LogP) is 10.4. The quantitative estimate of drug-likeness (QED) is 0.207. The van der Waals surface area contributed by atoms with Crippen molar-refractivity contribution in [1.29, 1.82) is 0 Å². The van der Waals surface area contributed by atoms with Crippen LogP contribution in [0.15, 0.2) is 146 Å². The smallest absolute Gasteiger partial charge is 0.137 e. The molecule has 0 fully saturated rings. The Hall–Kier alpha value is -5.22. The zero-order chi connectivity index (χ0) is 30.3. The first-order valence-electron chi connectivity index (χ1n) is 15.2. The van der Waals surface area contributed by atoms with E-state index in [9.17, 15) is 0 Å². The summed E-state index contributed by atoms with van der Waals surface area (Å²) >= 11 is 0. The Kier molecular flexibility index (Phi) is 6.78. The molecule has 1 aliphatic rings. The first kappa shape index (κ1) is 27.6. The lowest BCUT2D eigenvalue weighted by atomic mass is 9.80. The molecule has 6 aromatic rings. The lowest BCUT2D eigenvalue weighted by molar-refractivity contribution is 0.615. The van der Waals surface area contributed by atoms with Gasteiger partial charge >= 0.3 is 0 Å². The maximum absolute atomic E-state index is 5.36. The summed E-state index contributed by atoms with van der Waals surface area (Å²) < 4.78 is 0. The van der Waals surface area contributed by atoms with Crippen molar-refractivity contribution in [3.8, 4) is 0 Å². The molecule has 0 radical (unpaired) electrons. The van der Waals surface area contributed by atoms with E-state index in [1.54, 1.807) is 0 Å². The van der Waals surface area contributed by atoms with Crippen LogP contribution in [0, 0.1) is 0 Å². The maximum atomic E-state index is 5.36. The first-order chi connectivity index (χ1) is 21.3. The minimum atomic E-state index is -0.368. The zero-order valence-corrected chi connectivity index (χ0v) is 25.6. The van der Waals surface area contributed by atoms with E-state index in [0.29, 0.717) is 0 Å². The molecule has 0 spiro atoms. The molecular formula is C40H36N4. The molecule has 4 heteroatoms. The minimum Gasteiger partial charge on any atom is -0.295 e. The lowest BCUT2D eigenvalue weighted by Crippen LogP contribution is -2.25. The molecule has 0 amide bonds. The molecule has 2 aromatic heterocycles. The van der Waals surface area contributed by atoms with Crippen LogP contribution in [0.4, 0.5) is 34.4 Å². The van der Waals surface area contributed by atoms with E-state index in [2.05, 4.69) is 183 Å². The summed E-state index contributed by atoms with van der Waals surface area (Å²) in [6.45, 7) is 9.01. The predicted molar refractivity (Wildman–Crippen MR) is 182 cm³/mol. The van der Waals surface area contributed by atoms with Crippen LogP contribution in [0.3, 0.4) is 0 Å². The van der Waals surface area contributed by atoms with Gasteiger partial charge in [-0.2, -0.15) is 0 Å². The van der Waals surface area contributed by atoms with Crippen molar-refractivity contribution in [3.05, 3.63) is 168 Å². The van der Waals surface area contributed by atoms with Gasteiger partial charge in [-0.15, -0.1) is 0 Å². The lowest BCUT2D eigenvalue weighted by Gasteiger charge is -2.32. The van der Waals surface area contributed by atoms with Gasteiger partial charge in [0.05, 0.1) is 11.4 Å². The molecule has 0 N–H and O–H groups in total. The van der Waals surface area contributed by atoms with Gasteiger partial charge in [0, 0.05) is 33.6 Å². The summed E-state index contributed by atoms with van der Waals surface area (Å²) in [4.78, 5) is 15.2. The molecule has 4 aromatic carbocycles. The van der Waals surface area contributed by atoms with E-state index in [-0.39, 0.29) is 10.8 Å². The molecule has 4 nitrogen and oxygen atoms in total. The monoisotopic (exact) mass is 572 g/mol. The minimum absolute atomic E-state index is 0.368. The number of aromatic nitrogens is 2. The van der Waals surface area contributed by atoms with Crippen molar-refractivity contribution < 1.29 is 0 Å². The second kappa shape index (κ2) is 10.8. The topological polar surface area (TPSA) is 32.3 Å². The van der Waals surface area contributed by atoms with Gasteiger partial charge in [0.1, 0.15) is 11.6 Å². The van der Waals surface area contributed by atoms with E-state index in [1.807, 2.05) is 0 Å². The Bertz CT molecular complexity index is 1690. The van der Waals surface area contributed by atoms with E-state index < -0.39 is 0 Å². The van der Waals surface area contributed by atoms with E-state index in [1.165, 1.54) is 11.1 Å². The number of fused-ring (bicyclic) bond motifs is 8. The average molecular weight is 573 g/mol. The van der Waals surface area contributed by atoms with E-state index >= 15 is 0 Å². The van der Waals surface area contributed by atoms with Crippen molar-refractivity contribution in [2.45, 2.75) is 38.5 Å². The summed E-state index contributed by atoms with van der Waals surface area (Å²) in [5.41, 5.74) is 7.86. The molecule has 216 valence electrons. The normalized spacial score (nSPS) is 15.1. The molecule has 1 aliphatic heterocycles. The second-order valence-corrected chi connectivity index (χ2v) is 12.5. The number of rotatable bonds is 2. The van der Waals surface area contributed by atoms with Crippen molar-refractivity contribution in [1.82, 2.24) is 9.97 Å². The number of nitrogens with zero attached hydrogens (tertiary/aromatic N) is 4. The highest BCUT2D eigenvalue weighted by atomic mass is 15.2. The van der Waals surface area contributed by atoms with Gasteiger partial charge in [-0.3, -0.25) is 9.80 Å². The molecule has 7 rings (SSSR count). The molecule has 0 saturated heterocycles. The second-order valence-electron chi connectivity index (χ2n) is 12.5. The van der Waals surface area contributed by atoms with Crippen LogP contribution in [0.25, 0.3) is 0 Å². The summed E-state index contributed by atoms with van der Waals surface area (Å²) in [5, 5.41) is 0. The fourth-order valence-corrected chi connectivity index (χ4v) is 6.14. The summed E-state index contributed by atoms with van der Waals surface area (Å²) in [5.74, 6) is 1.76. The standard InChI is InChI=1S/C40H36N4/c1-39(2)29-15-11-21-33(27-29)43(31-17-7-5-8-18-31)38-26-14-24-36(42-38)40(3,4)30-16-12-22-34(28-30)44(32-19-9-6-10-20-32)37-25-13-23-35(39)41-37/h5-28H,1-4H3. The zero-order valence-electron chi connectivity index (χ0n) is 25.6. The van der Waals surface area contributed by atoms with Crippen LogP contribution < -0.4 is 9.80 Å². The van der Waals surface area contributed by atoms with Crippen molar-refractivity contribution in [2.75, 3.05) is 9.80 Å². The number of para-hydroxylation sites is 2. The highest BCUT2D eigenvalue weighted by Crippen LogP contribution is 2.42. The fraction of sp³-hybridized carbons (Fsp3) is 0.150. The number of benzene rings is 4. The van der Waals surface area contributed by atoms with Crippen LogP contribution in [-0.2, 0) is 10.8 Å². The van der Waals surface area contributed by atoms with Gasteiger partial charge in [-0.05, 0) is 83.9 Å². The Labute approximate surface area is 260 Å². The summed E-state index contributed by atoms with van der Waals surface area (Å²) in [6.07, 6.45) is 0. The highest BCUT2D eigenvalue weighted by molar-refractivity contribution is 5.77. The van der Waals surface area contributed by atoms with Crippen LogP contribution in [0.1, 0.15) is 50.2 Å². The SMILES string of the molecule is CC1(C)c2cccc(c2)N(c2ccccc2)c2cccc(n2)C(C)(C)c2cccc(c2)N(c2ccccc2)c2cccc1n2. The van der Waals surface area contributed by atoms with Crippen molar-refractivity contribution in [2.24, 2.45) is 0 Å². The Morgan fingerprint density at radius 1 is 0.386 bits per heavy atom. The molecule has 0 atom stereocenters. The molecular weight excluding hydrogens is 536 g/mol. The number of anilines is 6. The molecule has 44 heavy (non-hydrogen) atoms. The highest BCUT2D eigenvalue weighted by Gasteiger charge is 2.30. The van der Waals surface area contributed by atoms with Crippen LogP contribution in [0.2, 0.25) is 0 Å². The van der Waals surface area contributed by atoms with Gasteiger partial charge in [0.2, 0.25) is 0 Å². The third-order valence-electron chi connectivity index (χ3n) is 8.89. The van der Waals surface area contributed by atoms with Gasteiger partial charge in [-0.1, -0.05) is 100 Å². The molecule has 8 bridgehead atoms. The van der Waals surface area contributed by atoms with Crippen LogP contribution in [0.5, 0.6) is 0 Å². The average Bonchev–Trinajstić information content (AvgIpc) is 3.06. The van der Waals surface area contributed by atoms with Crippen LogP contribution >= 0.6 is 0 Å². The third kappa shape index (κ3) is 4.83. The Morgan fingerprint density at radius 2 is 0.750 bits per heavy atom. The van der Waals surface area contributed by atoms with Crippen LogP contribution in [-0.4, -0.2) is 9.97 Å². The van der Waals surface area contributed by atoms with E-state index in [4.69, 9.17) is 9.97 Å².